The summed E-state index contributed by atoms with van der Waals surface area (Å²) in [5, 5.41) is 10.9. The molecule has 0 aromatic heterocycles. The van der Waals surface area contributed by atoms with Gasteiger partial charge in [0.25, 0.3) is 10.1 Å². The first-order valence-corrected chi connectivity index (χ1v) is 8.34. The number of carbonyl (C=O) groups is 3. The average Bonchev–Trinajstić information content (AvgIpc) is 2.46. The second-order valence-electron chi connectivity index (χ2n) is 4.84. The molecule has 1 aromatic rings. The van der Waals surface area contributed by atoms with E-state index >= 15 is 0 Å². The number of rotatable bonds is 8. The molecule has 1 rings (SSSR count). The lowest BCUT2D eigenvalue weighted by Crippen LogP contribution is -2.48. The number of aliphatic carboxylic acids is 1. The quantitative estimate of drug-likeness (QED) is 0.352. The van der Waals surface area contributed by atoms with Gasteiger partial charge in [-0.25, -0.2) is 4.79 Å². The van der Waals surface area contributed by atoms with Crippen molar-refractivity contribution >= 4 is 27.8 Å². The first-order chi connectivity index (χ1) is 10.7. The minimum atomic E-state index is -4.60. The number of carbonyl (C=O) groups excluding carboxylic acids is 2. The molecule has 23 heavy (non-hydrogen) atoms. The van der Waals surface area contributed by atoms with Gasteiger partial charge in [0, 0.05) is 5.56 Å². The summed E-state index contributed by atoms with van der Waals surface area (Å²) in [4.78, 5) is 35.4. The van der Waals surface area contributed by atoms with Crippen LogP contribution in [0.25, 0.3) is 0 Å². The maximum absolute atomic E-state index is 12.3. The third kappa shape index (κ3) is 5.80. The van der Waals surface area contributed by atoms with Crippen LogP contribution in [-0.4, -0.2) is 47.5 Å². The zero-order valence-corrected chi connectivity index (χ0v) is 13.1. The fourth-order valence-corrected chi connectivity index (χ4v) is 2.60. The highest BCUT2D eigenvalue weighted by atomic mass is 32.2. The van der Waals surface area contributed by atoms with Crippen LogP contribution in [0.15, 0.2) is 30.3 Å². The van der Waals surface area contributed by atoms with Gasteiger partial charge in [0.1, 0.15) is 17.7 Å². The van der Waals surface area contributed by atoms with Crippen LogP contribution in [0, 0.1) is 5.92 Å². The van der Waals surface area contributed by atoms with Crippen molar-refractivity contribution in [1.82, 2.24) is 5.32 Å². The molecule has 0 fully saturated rings. The standard InChI is InChI=1S/C14H17NO7S/c1-2-10(12(16)9-6-4-3-5-7-9)13(17)15-11(14(18)19)8-23(20,21)22/h3-7,10-11H,2,8H2,1H3,(H,15,17)(H,18,19)(H,20,21,22). The summed E-state index contributed by atoms with van der Waals surface area (Å²) >= 11 is 0. The lowest BCUT2D eigenvalue weighted by atomic mass is 9.94. The third-order valence-corrected chi connectivity index (χ3v) is 3.85. The van der Waals surface area contributed by atoms with Gasteiger partial charge < -0.3 is 10.4 Å². The zero-order chi connectivity index (χ0) is 17.6. The van der Waals surface area contributed by atoms with Crippen molar-refractivity contribution in [3.63, 3.8) is 0 Å². The fraction of sp³-hybridized carbons (Fsp3) is 0.357. The topological polar surface area (TPSA) is 138 Å². The predicted molar refractivity (Wildman–Crippen MR) is 80.5 cm³/mol. The Labute approximate surface area is 133 Å². The largest absolute Gasteiger partial charge is 0.480 e. The SMILES string of the molecule is CCC(C(=O)NC(CS(=O)(=O)O)C(=O)O)C(=O)c1ccccc1. The molecule has 126 valence electrons. The summed E-state index contributed by atoms with van der Waals surface area (Å²) in [6, 6.07) is 6.14. The highest BCUT2D eigenvalue weighted by Gasteiger charge is 2.31. The summed E-state index contributed by atoms with van der Waals surface area (Å²) in [6.07, 6.45) is 0.109. The van der Waals surface area contributed by atoms with E-state index in [1.54, 1.807) is 25.1 Å². The van der Waals surface area contributed by atoms with Crippen molar-refractivity contribution in [2.75, 3.05) is 5.75 Å². The number of hydrogen-bond acceptors (Lipinski definition) is 5. The number of hydrogen-bond donors (Lipinski definition) is 3. The summed E-state index contributed by atoms with van der Waals surface area (Å²) in [5.74, 6) is -5.36. The summed E-state index contributed by atoms with van der Waals surface area (Å²) in [6.45, 7) is 1.57. The highest BCUT2D eigenvalue weighted by molar-refractivity contribution is 7.85. The third-order valence-electron chi connectivity index (χ3n) is 3.09. The molecule has 2 unspecified atom stereocenters. The van der Waals surface area contributed by atoms with Crippen molar-refractivity contribution in [2.24, 2.45) is 5.92 Å². The smallest absolute Gasteiger partial charge is 0.327 e. The van der Waals surface area contributed by atoms with Crippen LogP contribution in [0.1, 0.15) is 23.7 Å². The van der Waals surface area contributed by atoms with Crippen molar-refractivity contribution in [3.05, 3.63) is 35.9 Å². The molecule has 0 aliphatic heterocycles. The maximum atomic E-state index is 12.3. The van der Waals surface area contributed by atoms with E-state index in [2.05, 4.69) is 0 Å². The van der Waals surface area contributed by atoms with Gasteiger partial charge in [-0.3, -0.25) is 14.1 Å². The van der Waals surface area contributed by atoms with Gasteiger partial charge in [-0.2, -0.15) is 8.42 Å². The lowest BCUT2D eigenvalue weighted by Gasteiger charge is -2.18. The average molecular weight is 343 g/mol. The molecular weight excluding hydrogens is 326 g/mol. The van der Waals surface area contributed by atoms with Crippen LogP contribution in [0.2, 0.25) is 0 Å². The molecule has 2 atom stereocenters. The summed E-state index contributed by atoms with van der Waals surface area (Å²) in [7, 11) is -4.60. The van der Waals surface area contributed by atoms with Crippen LogP contribution >= 0.6 is 0 Å². The van der Waals surface area contributed by atoms with E-state index in [1.807, 2.05) is 5.32 Å². The molecule has 0 aliphatic rings. The highest BCUT2D eigenvalue weighted by Crippen LogP contribution is 2.13. The van der Waals surface area contributed by atoms with Gasteiger partial charge >= 0.3 is 5.97 Å². The summed E-state index contributed by atoms with van der Waals surface area (Å²) < 4.78 is 30.3. The zero-order valence-electron chi connectivity index (χ0n) is 12.3. The van der Waals surface area contributed by atoms with Crippen LogP contribution in [0.3, 0.4) is 0 Å². The monoisotopic (exact) mass is 343 g/mol. The van der Waals surface area contributed by atoms with Gasteiger partial charge in [0.15, 0.2) is 5.78 Å². The second kappa shape index (κ2) is 7.84. The van der Waals surface area contributed by atoms with Gasteiger partial charge in [0.2, 0.25) is 5.91 Å². The Balaban J connectivity index is 2.91. The number of carboxylic acid groups (broad SMARTS) is 1. The maximum Gasteiger partial charge on any atom is 0.327 e. The number of amides is 1. The Morgan fingerprint density at radius 2 is 1.74 bits per heavy atom. The Bertz CT molecular complexity index is 684. The molecule has 0 heterocycles. The predicted octanol–water partition coefficient (Wildman–Crippen LogP) is 0.353. The fourth-order valence-electron chi connectivity index (χ4n) is 1.95. The molecule has 1 amide bonds. The van der Waals surface area contributed by atoms with E-state index in [4.69, 9.17) is 9.66 Å². The number of Topliss-reactive ketones (excluding diaryl/α,β-unsaturated/α-hetero) is 1. The molecule has 0 aliphatic carbocycles. The van der Waals surface area contributed by atoms with Crippen molar-refractivity contribution in [2.45, 2.75) is 19.4 Å². The minimum Gasteiger partial charge on any atom is -0.480 e. The Morgan fingerprint density at radius 3 is 2.17 bits per heavy atom. The van der Waals surface area contributed by atoms with E-state index < -0.39 is 45.5 Å². The Kier molecular flexibility index (Phi) is 6.40. The lowest BCUT2D eigenvalue weighted by molar-refractivity contribution is -0.141. The van der Waals surface area contributed by atoms with Crippen molar-refractivity contribution in [3.8, 4) is 0 Å². The molecule has 3 N–H and O–H groups in total. The first-order valence-electron chi connectivity index (χ1n) is 6.73. The Morgan fingerprint density at radius 1 is 1.17 bits per heavy atom. The van der Waals surface area contributed by atoms with Crippen LogP contribution < -0.4 is 5.32 Å². The first kappa shape index (κ1) is 18.8. The van der Waals surface area contributed by atoms with Crippen molar-refractivity contribution < 1.29 is 32.5 Å². The van der Waals surface area contributed by atoms with Gasteiger partial charge in [-0.05, 0) is 6.42 Å². The molecule has 0 spiro atoms. The van der Waals surface area contributed by atoms with E-state index in [1.165, 1.54) is 12.1 Å². The molecule has 1 aromatic carbocycles. The van der Waals surface area contributed by atoms with Crippen molar-refractivity contribution in [1.29, 1.82) is 0 Å². The van der Waals surface area contributed by atoms with Crippen LogP contribution in [0.5, 0.6) is 0 Å². The second-order valence-corrected chi connectivity index (χ2v) is 6.34. The minimum absolute atomic E-state index is 0.109. The van der Waals surface area contributed by atoms with Crippen LogP contribution in [-0.2, 0) is 19.7 Å². The summed E-state index contributed by atoms with van der Waals surface area (Å²) in [5.41, 5.74) is 0.288. The number of benzene rings is 1. The molecule has 0 bridgehead atoms. The molecule has 0 radical (unpaired) electrons. The molecule has 0 saturated heterocycles. The van der Waals surface area contributed by atoms with E-state index in [0.29, 0.717) is 0 Å². The van der Waals surface area contributed by atoms with E-state index in [9.17, 15) is 22.8 Å². The molecule has 0 saturated carbocycles. The van der Waals surface area contributed by atoms with Gasteiger partial charge in [-0.1, -0.05) is 37.3 Å². The number of nitrogens with one attached hydrogen (secondary N) is 1. The van der Waals surface area contributed by atoms with Gasteiger partial charge in [-0.15, -0.1) is 0 Å². The normalized spacial score (nSPS) is 13.8. The van der Waals surface area contributed by atoms with Crippen LogP contribution in [0.4, 0.5) is 0 Å². The van der Waals surface area contributed by atoms with E-state index in [-0.39, 0.29) is 12.0 Å². The number of carboxylic acids is 1. The molecular formula is C14H17NO7S. The molecule has 9 heteroatoms. The molecule has 8 nitrogen and oxygen atoms in total. The van der Waals surface area contributed by atoms with Gasteiger partial charge in [0.05, 0.1) is 0 Å². The Hall–Kier alpha value is -2.26. The number of ketones is 1. The van der Waals surface area contributed by atoms with E-state index in [0.717, 1.165) is 0 Å².